The van der Waals surface area contributed by atoms with Crippen LogP contribution in [0.25, 0.3) is 0 Å². The number of hydrogen-bond acceptors (Lipinski definition) is 4. The molecule has 0 saturated carbocycles. The summed E-state index contributed by atoms with van der Waals surface area (Å²) in [5.74, 6) is 0.290. The Labute approximate surface area is 92.5 Å². The van der Waals surface area contributed by atoms with Crippen molar-refractivity contribution < 1.29 is 9.53 Å². The van der Waals surface area contributed by atoms with E-state index >= 15 is 0 Å². The molecule has 0 radical (unpaired) electrons. The second kappa shape index (κ2) is 6.23. The number of ether oxygens (including phenoxy) is 1. The first-order chi connectivity index (χ1) is 7.22. The number of hydrogen-bond donors (Lipinski definition) is 3. The zero-order chi connectivity index (χ0) is 11.1. The van der Waals surface area contributed by atoms with E-state index in [-0.39, 0.29) is 19.2 Å². The predicted molar refractivity (Wildman–Crippen MR) is 57.3 cm³/mol. The Morgan fingerprint density at radius 1 is 1.40 bits per heavy atom. The monoisotopic (exact) mass is 229 g/mol. The first kappa shape index (κ1) is 11.8. The molecule has 0 aliphatic carbocycles. The van der Waals surface area contributed by atoms with Gasteiger partial charge >= 0.3 is 0 Å². The fourth-order valence-electron chi connectivity index (χ4n) is 0.865. The Morgan fingerprint density at radius 2 is 2.07 bits per heavy atom. The van der Waals surface area contributed by atoms with E-state index < -0.39 is 0 Å². The van der Waals surface area contributed by atoms with Crippen LogP contribution in [0, 0.1) is 0 Å². The van der Waals surface area contributed by atoms with Gasteiger partial charge in [-0.1, -0.05) is 11.6 Å². The first-order valence-corrected chi connectivity index (χ1v) is 4.70. The molecular formula is C9H12ClN3O2. The molecule has 5 nitrogen and oxygen atoms in total. The Kier molecular flexibility index (Phi) is 4.89. The number of nitrogens with one attached hydrogen (secondary N) is 2. The van der Waals surface area contributed by atoms with Crippen molar-refractivity contribution in [3.63, 3.8) is 0 Å². The van der Waals surface area contributed by atoms with Crippen LogP contribution in [0.3, 0.4) is 0 Å². The highest BCUT2D eigenvalue weighted by atomic mass is 35.5. The SMILES string of the molecule is NCNNC(=O)COc1ccc(Cl)cc1. The van der Waals surface area contributed by atoms with E-state index in [9.17, 15) is 4.79 Å². The number of halogens is 1. The van der Waals surface area contributed by atoms with E-state index in [0.717, 1.165) is 0 Å². The summed E-state index contributed by atoms with van der Waals surface area (Å²) < 4.78 is 5.17. The third-order valence-corrected chi connectivity index (χ3v) is 1.77. The van der Waals surface area contributed by atoms with E-state index in [1.807, 2.05) is 0 Å². The first-order valence-electron chi connectivity index (χ1n) is 4.32. The number of rotatable bonds is 5. The van der Waals surface area contributed by atoms with Gasteiger partial charge in [-0.2, -0.15) is 0 Å². The van der Waals surface area contributed by atoms with Gasteiger partial charge in [0.25, 0.3) is 5.91 Å². The maximum atomic E-state index is 11.1. The summed E-state index contributed by atoms with van der Waals surface area (Å²) in [6.45, 7) is 0.0985. The fraction of sp³-hybridized carbons (Fsp3) is 0.222. The number of carbonyl (C=O) groups excluding carboxylic acids is 1. The van der Waals surface area contributed by atoms with Crippen LogP contribution in [0.2, 0.25) is 5.02 Å². The average molecular weight is 230 g/mol. The van der Waals surface area contributed by atoms with Gasteiger partial charge in [-0.05, 0) is 24.3 Å². The minimum absolute atomic E-state index is 0.0748. The lowest BCUT2D eigenvalue weighted by Crippen LogP contribution is -2.43. The molecule has 4 N–H and O–H groups in total. The smallest absolute Gasteiger partial charge is 0.272 e. The summed E-state index contributed by atoms with van der Waals surface area (Å²) >= 11 is 5.68. The van der Waals surface area contributed by atoms with E-state index in [0.29, 0.717) is 10.8 Å². The van der Waals surface area contributed by atoms with Crippen molar-refractivity contribution in [3.8, 4) is 5.75 Å². The third kappa shape index (κ3) is 4.64. The topological polar surface area (TPSA) is 76.4 Å². The van der Waals surface area contributed by atoms with E-state index in [1.165, 1.54) is 0 Å². The van der Waals surface area contributed by atoms with Gasteiger partial charge < -0.3 is 10.5 Å². The molecule has 0 bridgehead atoms. The van der Waals surface area contributed by atoms with Crippen molar-refractivity contribution in [3.05, 3.63) is 29.3 Å². The third-order valence-electron chi connectivity index (χ3n) is 1.51. The number of hydrazine groups is 1. The minimum atomic E-state index is -0.296. The van der Waals surface area contributed by atoms with Crippen LogP contribution < -0.4 is 21.3 Å². The molecule has 0 atom stereocenters. The number of amides is 1. The highest BCUT2D eigenvalue weighted by Crippen LogP contribution is 2.15. The molecule has 0 aromatic heterocycles. The van der Waals surface area contributed by atoms with E-state index in [1.54, 1.807) is 24.3 Å². The quantitative estimate of drug-likeness (QED) is 0.500. The van der Waals surface area contributed by atoms with Crippen molar-refractivity contribution in [2.45, 2.75) is 0 Å². The Hall–Kier alpha value is -1.30. The molecule has 0 saturated heterocycles. The molecule has 0 spiro atoms. The van der Waals surface area contributed by atoms with Crippen LogP contribution in [0.1, 0.15) is 0 Å². The summed E-state index contributed by atoms with van der Waals surface area (Å²) in [4.78, 5) is 11.1. The Bertz CT molecular complexity index is 316. The van der Waals surface area contributed by atoms with Crippen LogP contribution in [0.5, 0.6) is 5.75 Å². The van der Waals surface area contributed by atoms with E-state index in [2.05, 4.69) is 10.9 Å². The standard InChI is InChI=1S/C9H12ClN3O2/c10-7-1-3-8(4-2-7)15-5-9(14)13-12-6-11/h1-4,12H,5-6,11H2,(H,13,14). The minimum Gasteiger partial charge on any atom is -0.484 e. The predicted octanol–water partition coefficient (Wildman–Crippen LogP) is 0.256. The van der Waals surface area contributed by atoms with Gasteiger partial charge in [0, 0.05) is 5.02 Å². The van der Waals surface area contributed by atoms with Crippen molar-refractivity contribution in [2.24, 2.45) is 5.73 Å². The van der Waals surface area contributed by atoms with Crippen LogP contribution in [0.15, 0.2) is 24.3 Å². The molecule has 1 amide bonds. The molecule has 1 rings (SSSR count). The largest absolute Gasteiger partial charge is 0.484 e. The van der Waals surface area contributed by atoms with Crippen molar-refractivity contribution in [1.82, 2.24) is 10.9 Å². The lowest BCUT2D eigenvalue weighted by Gasteiger charge is -2.07. The summed E-state index contributed by atoms with van der Waals surface area (Å²) in [5, 5.41) is 0.622. The summed E-state index contributed by atoms with van der Waals surface area (Å²) in [5.41, 5.74) is 9.94. The molecule has 0 fully saturated rings. The second-order valence-corrected chi connectivity index (χ2v) is 3.11. The molecule has 82 valence electrons. The fourth-order valence-corrected chi connectivity index (χ4v) is 0.991. The van der Waals surface area contributed by atoms with Gasteiger partial charge in [0.15, 0.2) is 6.61 Å². The molecule has 6 heteroatoms. The highest BCUT2D eigenvalue weighted by Gasteiger charge is 2.00. The normalized spacial score (nSPS) is 9.73. The molecule has 1 aromatic carbocycles. The summed E-state index contributed by atoms with van der Waals surface area (Å²) in [7, 11) is 0. The molecule has 1 aromatic rings. The van der Waals surface area contributed by atoms with Gasteiger partial charge in [0.1, 0.15) is 5.75 Å². The van der Waals surface area contributed by atoms with Crippen LogP contribution in [0.4, 0.5) is 0 Å². The highest BCUT2D eigenvalue weighted by molar-refractivity contribution is 6.30. The molecule has 0 aliphatic heterocycles. The maximum absolute atomic E-state index is 11.1. The van der Waals surface area contributed by atoms with Gasteiger partial charge in [-0.15, -0.1) is 0 Å². The van der Waals surface area contributed by atoms with Gasteiger partial charge in [-0.3, -0.25) is 10.2 Å². The van der Waals surface area contributed by atoms with E-state index in [4.69, 9.17) is 22.1 Å². The zero-order valence-corrected chi connectivity index (χ0v) is 8.75. The molecule has 15 heavy (non-hydrogen) atoms. The van der Waals surface area contributed by atoms with Crippen molar-refractivity contribution in [2.75, 3.05) is 13.3 Å². The lowest BCUT2D eigenvalue weighted by atomic mass is 10.3. The number of nitrogens with two attached hydrogens (primary N) is 1. The maximum Gasteiger partial charge on any atom is 0.272 e. The van der Waals surface area contributed by atoms with Crippen LogP contribution >= 0.6 is 11.6 Å². The summed E-state index contributed by atoms with van der Waals surface area (Å²) in [6, 6.07) is 6.75. The lowest BCUT2D eigenvalue weighted by molar-refractivity contribution is -0.124. The number of benzene rings is 1. The molecule has 0 heterocycles. The second-order valence-electron chi connectivity index (χ2n) is 2.67. The summed E-state index contributed by atoms with van der Waals surface area (Å²) in [6.07, 6.45) is 0. The van der Waals surface area contributed by atoms with Gasteiger partial charge in [0.2, 0.25) is 0 Å². The average Bonchev–Trinajstić information content (AvgIpc) is 2.25. The Morgan fingerprint density at radius 3 is 2.67 bits per heavy atom. The molecule has 0 unspecified atom stereocenters. The number of carbonyl (C=O) groups is 1. The van der Waals surface area contributed by atoms with Crippen LogP contribution in [-0.4, -0.2) is 19.2 Å². The molecule has 0 aliphatic rings. The Balaban J connectivity index is 2.30. The van der Waals surface area contributed by atoms with Crippen LogP contribution in [-0.2, 0) is 4.79 Å². The van der Waals surface area contributed by atoms with Gasteiger partial charge in [0.05, 0.1) is 6.67 Å². The van der Waals surface area contributed by atoms with Crippen molar-refractivity contribution in [1.29, 1.82) is 0 Å². The van der Waals surface area contributed by atoms with Gasteiger partial charge in [-0.25, -0.2) is 5.43 Å². The zero-order valence-electron chi connectivity index (χ0n) is 8.00. The van der Waals surface area contributed by atoms with Crippen molar-refractivity contribution >= 4 is 17.5 Å². The molecular weight excluding hydrogens is 218 g/mol.